The summed E-state index contributed by atoms with van der Waals surface area (Å²) in [6, 6.07) is 2.65. The van der Waals surface area contributed by atoms with Crippen molar-refractivity contribution in [3.63, 3.8) is 0 Å². The summed E-state index contributed by atoms with van der Waals surface area (Å²) in [5, 5.41) is 0. The van der Waals surface area contributed by atoms with Crippen molar-refractivity contribution in [2.24, 2.45) is 5.73 Å². The molecule has 0 fully saturated rings. The summed E-state index contributed by atoms with van der Waals surface area (Å²) in [6.45, 7) is 1.75. The van der Waals surface area contributed by atoms with Gasteiger partial charge in [-0.2, -0.15) is 0 Å². The minimum absolute atomic E-state index is 0.0144. The Morgan fingerprint density at radius 2 is 1.92 bits per heavy atom. The highest BCUT2D eigenvalue weighted by atomic mass is 19.1. The summed E-state index contributed by atoms with van der Waals surface area (Å²) in [4.78, 5) is 0. The maximum atomic E-state index is 12.9. The van der Waals surface area contributed by atoms with Crippen LogP contribution < -0.4 is 17.2 Å². The van der Waals surface area contributed by atoms with Gasteiger partial charge >= 0.3 is 0 Å². The van der Waals surface area contributed by atoms with E-state index in [9.17, 15) is 4.39 Å². The summed E-state index contributed by atoms with van der Waals surface area (Å²) < 4.78 is 12.9. The molecule has 1 unspecified atom stereocenters. The minimum Gasteiger partial charge on any atom is -0.397 e. The number of hydrogen-bond acceptors (Lipinski definition) is 3. The number of anilines is 2. The third kappa shape index (κ3) is 1.48. The molecule has 66 valence electrons. The molecule has 4 heteroatoms. The second-order valence-electron chi connectivity index (χ2n) is 2.79. The smallest absolute Gasteiger partial charge is 0.148 e. The predicted octanol–water partition coefficient (Wildman–Crippen LogP) is 1.01. The largest absolute Gasteiger partial charge is 0.397 e. The van der Waals surface area contributed by atoms with Crippen molar-refractivity contribution in [1.82, 2.24) is 0 Å². The normalized spacial score (nSPS) is 12.9. The molecule has 1 atom stereocenters. The lowest BCUT2D eigenvalue weighted by Gasteiger charge is -2.08. The summed E-state index contributed by atoms with van der Waals surface area (Å²) in [6.07, 6.45) is 0. The van der Waals surface area contributed by atoms with Crippen molar-refractivity contribution in [2.75, 3.05) is 11.5 Å². The Balaban J connectivity index is 3.21. The van der Waals surface area contributed by atoms with Crippen LogP contribution in [0.2, 0.25) is 0 Å². The number of benzene rings is 1. The van der Waals surface area contributed by atoms with E-state index in [-0.39, 0.29) is 17.4 Å². The van der Waals surface area contributed by atoms with Crippen LogP contribution in [0.4, 0.5) is 15.8 Å². The molecule has 1 rings (SSSR count). The van der Waals surface area contributed by atoms with E-state index in [1.54, 1.807) is 13.0 Å². The van der Waals surface area contributed by atoms with Crippen LogP contribution in [0.15, 0.2) is 12.1 Å². The fraction of sp³-hybridized carbons (Fsp3) is 0.250. The molecular weight excluding hydrogens is 157 g/mol. The summed E-state index contributed by atoms with van der Waals surface area (Å²) in [5.74, 6) is -0.512. The van der Waals surface area contributed by atoms with Crippen LogP contribution in [0.5, 0.6) is 0 Å². The van der Waals surface area contributed by atoms with Crippen LogP contribution >= 0.6 is 0 Å². The topological polar surface area (TPSA) is 78.1 Å². The third-order valence-corrected chi connectivity index (χ3v) is 1.71. The zero-order valence-corrected chi connectivity index (χ0v) is 6.84. The van der Waals surface area contributed by atoms with E-state index in [1.165, 1.54) is 6.07 Å². The minimum atomic E-state index is -0.512. The van der Waals surface area contributed by atoms with Crippen molar-refractivity contribution in [3.8, 4) is 0 Å². The zero-order chi connectivity index (χ0) is 9.30. The monoisotopic (exact) mass is 169 g/mol. The lowest BCUT2D eigenvalue weighted by molar-refractivity contribution is 0.627. The van der Waals surface area contributed by atoms with Gasteiger partial charge in [-0.3, -0.25) is 0 Å². The molecule has 0 saturated carbocycles. The summed E-state index contributed by atoms with van der Waals surface area (Å²) in [5.41, 5.74) is 17.2. The van der Waals surface area contributed by atoms with E-state index in [0.717, 1.165) is 0 Å². The quantitative estimate of drug-likeness (QED) is 0.549. The van der Waals surface area contributed by atoms with E-state index < -0.39 is 5.82 Å². The Morgan fingerprint density at radius 3 is 2.33 bits per heavy atom. The van der Waals surface area contributed by atoms with Gasteiger partial charge in [-0.1, -0.05) is 0 Å². The van der Waals surface area contributed by atoms with Gasteiger partial charge < -0.3 is 17.2 Å². The van der Waals surface area contributed by atoms with E-state index in [2.05, 4.69) is 0 Å². The first-order valence-electron chi connectivity index (χ1n) is 3.62. The zero-order valence-electron chi connectivity index (χ0n) is 6.84. The van der Waals surface area contributed by atoms with Crippen molar-refractivity contribution < 1.29 is 4.39 Å². The van der Waals surface area contributed by atoms with E-state index in [0.29, 0.717) is 5.56 Å². The average Bonchev–Trinajstić information content (AvgIpc) is 1.99. The molecule has 0 heterocycles. The first-order chi connectivity index (χ1) is 5.52. The molecule has 3 nitrogen and oxygen atoms in total. The molecule has 0 aliphatic heterocycles. The average molecular weight is 169 g/mol. The van der Waals surface area contributed by atoms with Crippen LogP contribution in [0.3, 0.4) is 0 Å². The Bertz CT molecular complexity index is 273. The number of hydrogen-bond donors (Lipinski definition) is 3. The molecular formula is C8H12FN3. The van der Waals surface area contributed by atoms with Crippen LogP contribution in [0.1, 0.15) is 18.5 Å². The number of halogens is 1. The molecule has 0 spiro atoms. The maximum absolute atomic E-state index is 12.9. The van der Waals surface area contributed by atoms with Crippen LogP contribution in [0.25, 0.3) is 0 Å². The van der Waals surface area contributed by atoms with Crippen LogP contribution in [0, 0.1) is 5.82 Å². The maximum Gasteiger partial charge on any atom is 0.148 e. The molecule has 0 radical (unpaired) electrons. The fourth-order valence-corrected chi connectivity index (χ4v) is 0.924. The van der Waals surface area contributed by atoms with Crippen molar-refractivity contribution >= 4 is 11.4 Å². The highest BCUT2D eigenvalue weighted by Gasteiger charge is 2.07. The second-order valence-corrected chi connectivity index (χ2v) is 2.79. The molecule has 0 aromatic heterocycles. The van der Waals surface area contributed by atoms with Crippen LogP contribution in [-0.4, -0.2) is 0 Å². The standard InChI is InChI=1S/C8H12FN3/c1-4(10)5-2-6(9)8(12)7(11)3-5/h2-4H,10-12H2,1H3. The first-order valence-corrected chi connectivity index (χ1v) is 3.62. The highest BCUT2D eigenvalue weighted by Crippen LogP contribution is 2.23. The molecule has 0 bridgehead atoms. The third-order valence-electron chi connectivity index (χ3n) is 1.71. The Morgan fingerprint density at radius 1 is 1.33 bits per heavy atom. The van der Waals surface area contributed by atoms with Gasteiger partial charge in [0.15, 0.2) is 0 Å². The molecule has 0 aliphatic carbocycles. The highest BCUT2D eigenvalue weighted by molar-refractivity contribution is 5.65. The molecule has 0 aliphatic rings. The van der Waals surface area contributed by atoms with Crippen molar-refractivity contribution in [2.45, 2.75) is 13.0 Å². The predicted molar refractivity (Wildman–Crippen MR) is 47.8 cm³/mol. The molecule has 1 aromatic carbocycles. The van der Waals surface area contributed by atoms with Crippen LogP contribution in [-0.2, 0) is 0 Å². The molecule has 1 aromatic rings. The Hall–Kier alpha value is -1.29. The van der Waals surface area contributed by atoms with Gasteiger partial charge in [0.05, 0.1) is 11.4 Å². The molecule has 12 heavy (non-hydrogen) atoms. The van der Waals surface area contributed by atoms with Crippen molar-refractivity contribution in [1.29, 1.82) is 0 Å². The van der Waals surface area contributed by atoms with Gasteiger partial charge in [-0.05, 0) is 24.6 Å². The van der Waals surface area contributed by atoms with Gasteiger partial charge in [0.1, 0.15) is 5.82 Å². The van der Waals surface area contributed by atoms with Crippen molar-refractivity contribution in [3.05, 3.63) is 23.5 Å². The number of rotatable bonds is 1. The molecule has 0 saturated heterocycles. The Labute approximate surface area is 70.3 Å². The summed E-state index contributed by atoms with van der Waals surface area (Å²) in [7, 11) is 0. The molecule has 6 N–H and O–H groups in total. The first kappa shape index (κ1) is 8.80. The van der Waals surface area contributed by atoms with E-state index in [1.807, 2.05) is 0 Å². The SMILES string of the molecule is CC(N)c1cc(N)c(N)c(F)c1. The van der Waals surface area contributed by atoms with Gasteiger partial charge in [0, 0.05) is 6.04 Å². The number of nitrogens with two attached hydrogens (primary N) is 3. The number of nitrogen functional groups attached to an aromatic ring is 2. The van der Waals surface area contributed by atoms with Gasteiger partial charge in [-0.25, -0.2) is 4.39 Å². The lowest BCUT2D eigenvalue weighted by Crippen LogP contribution is -2.08. The van der Waals surface area contributed by atoms with E-state index >= 15 is 0 Å². The summed E-state index contributed by atoms with van der Waals surface area (Å²) >= 11 is 0. The lowest BCUT2D eigenvalue weighted by atomic mass is 10.1. The van der Waals surface area contributed by atoms with Gasteiger partial charge in [0.2, 0.25) is 0 Å². The van der Waals surface area contributed by atoms with E-state index in [4.69, 9.17) is 17.2 Å². The van der Waals surface area contributed by atoms with Gasteiger partial charge in [-0.15, -0.1) is 0 Å². The second kappa shape index (κ2) is 2.98. The van der Waals surface area contributed by atoms with Gasteiger partial charge in [0.25, 0.3) is 0 Å². The Kier molecular flexibility index (Phi) is 2.19. The fourth-order valence-electron chi connectivity index (χ4n) is 0.924. The molecule has 0 amide bonds.